The van der Waals surface area contributed by atoms with Crippen LogP contribution in [0.25, 0.3) is 0 Å². The average molecular weight is 424 g/mol. The molecule has 1 saturated heterocycles. The topological polar surface area (TPSA) is 70.7 Å². The van der Waals surface area contributed by atoms with Crippen molar-refractivity contribution in [3.63, 3.8) is 0 Å². The number of carbonyl (C=O) groups is 2. The summed E-state index contributed by atoms with van der Waals surface area (Å²) in [4.78, 5) is 28.2. The molecule has 6 nitrogen and oxygen atoms in total. The predicted octanol–water partition coefficient (Wildman–Crippen LogP) is 4.47. The number of para-hydroxylation sites is 1. The maximum atomic E-state index is 13.0. The Bertz CT molecular complexity index is 874. The number of hydrogen-bond acceptors (Lipinski definition) is 4. The molecule has 1 heterocycles. The number of ether oxygens (including phenoxy) is 1. The van der Waals surface area contributed by atoms with E-state index in [1.807, 2.05) is 51.1 Å². The molecule has 31 heavy (non-hydrogen) atoms. The smallest absolute Gasteiger partial charge is 0.255 e. The molecular weight excluding hydrogens is 390 g/mol. The molecule has 2 N–H and O–H groups in total. The van der Waals surface area contributed by atoms with Crippen molar-refractivity contribution < 1.29 is 14.3 Å². The highest BCUT2D eigenvalue weighted by Crippen LogP contribution is 2.22. The van der Waals surface area contributed by atoms with Gasteiger partial charge in [0.1, 0.15) is 11.8 Å². The van der Waals surface area contributed by atoms with Gasteiger partial charge in [-0.05, 0) is 68.5 Å². The molecular formula is C25H33N3O3. The minimum atomic E-state index is -0.663. The molecule has 2 aromatic carbocycles. The maximum absolute atomic E-state index is 13.0. The quantitative estimate of drug-likeness (QED) is 0.657. The monoisotopic (exact) mass is 423 g/mol. The molecule has 2 aromatic rings. The summed E-state index contributed by atoms with van der Waals surface area (Å²) >= 11 is 0. The van der Waals surface area contributed by atoms with Gasteiger partial charge in [0.15, 0.2) is 0 Å². The third-order valence-electron chi connectivity index (χ3n) is 5.52. The van der Waals surface area contributed by atoms with Crippen molar-refractivity contribution in [1.29, 1.82) is 0 Å². The van der Waals surface area contributed by atoms with Crippen LogP contribution < -0.4 is 20.3 Å². The minimum Gasteiger partial charge on any atom is -0.493 e. The summed E-state index contributed by atoms with van der Waals surface area (Å²) in [5.74, 6) is -0.115. The molecule has 3 rings (SSSR count). The Labute approximate surface area is 185 Å². The summed E-state index contributed by atoms with van der Waals surface area (Å²) in [6.07, 6.45) is 3.74. The zero-order valence-electron chi connectivity index (χ0n) is 18.7. The van der Waals surface area contributed by atoms with Crippen LogP contribution in [0.5, 0.6) is 5.75 Å². The first-order valence-electron chi connectivity index (χ1n) is 11.2. The van der Waals surface area contributed by atoms with Crippen molar-refractivity contribution in [2.75, 3.05) is 29.9 Å². The Morgan fingerprint density at radius 2 is 1.68 bits per heavy atom. The average Bonchev–Trinajstić information content (AvgIpc) is 2.78. The Morgan fingerprint density at radius 3 is 2.32 bits per heavy atom. The van der Waals surface area contributed by atoms with Crippen molar-refractivity contribution in [3.8, 4) is 5.75 Å². The number of piperidine rings is 1. The normalized spacial score (nSPS) is 14.8. The molecule has 0 saturated carbocycles. The molecule has 2 amide bonds. The highest BCUT2D eigenvalue weighted by Gasteiger charge is 2.26. The van der Waals surface area contributed by atoms with Crippen molar-refractivity contribution in [1.82, 2.24) is 5.32 Å². The number of carbonyl (C=O) groups excluding carboxylic acids is 2. The van der Waals surface area contributed by atoms with Crippen LogP contribution in [-0.2, 0) is 4.79 Å². The third kappa shape index (κ3) is 6.00. The fourth-order valence-electron chi connectivity index (χ4n) is 3.82. The number of rotatable bonds is 8. The van der Waals surface area contributed by atoms with Crippen LogP contribution in [-0.4, -0.2) is 37.6 Å². The first-order valence-corrected chi connectivity index (χ1v) is 11.2. The molecule has 0 radical (unpaired) electrons. The lowest BCUT2D eigenvalue weighted by molar-refractivity contribution is -0.118. The van der Waals surface area contributed by atoms with Gasteiger partial charge in [0, 0.05) is 24.5 Å². The van der Waals surface area contributed by atoms with Gasteiger partial charge in [0.05, 0.1) is 12.2 Å². The second kappa shape index (κ2) is 10.8. The van der Waals surface area contributed by atoms with Gasteiger partial charge in [0.25, 0.3) is 5.91 Å². The Kier molecular flexibility index (Phi) is 7.93. The molecule has 6 heteroatoms. The van der Waals surface area contributed by atoms with Crippen LogP contribution in [0.2, 0.25) is 0 Å². The van der Waals surface area contributed by atoms with Crippen LogP contribution in [0, 0.1) is 5.92 Å². The van der Waals surface area contributed by atoms with E-state index in [-0.39, 0.29) is 17.7 Å². The van der Waals surface area contributed by atoms with Gasteiger partial charge in [-0.1, -0.05) is 26.0 Å². The Hall–Kier alpha value is -3.02. The van der Waals surface area contributed by atoms with Crippen LogP contribution >= 0.6 is 0 Å². The van der Waals surface area contributed by atoms with Crippen LogP contribution in [0.4, 0.5) is 11.4 Å². The largest absolute Gasteiger partial charge is 0.493 e. The van der Waals surface area contributed by atoms with E-state index in [0.29, 0.717) is 17.9 Å². The summed E-state index contributed by atoms with van der Waals surface area (Å²) in [5, 5.41) is 5.82. The molecule has 0 unspecified atom stereocenters. The minimum absolute atomic E-state index is 0.0733. The van der Waals surface area contributed by atoms with Crippen molar-refractivity contribution in [2.45, 2.75) is 46.1 Å². The zero-order chi connectivity index (χ0) is 22.2. The molecule has 1 aliphatic heterocycles. The van der Waals surface area contributed by atoms with E-state index >= 15 is 0 Å². The summed E-state index contributed by atoms with van der Waals surface area (Å²) < 4.78 is 5.55. The highest BCUT2D eigenvalue weighted by atomic mass is 16.5. The van der Waals surface area contributed by atoms with Crippen LogP contribution in [0.3, 0.4) is 0 Å². The van der Waals surface area contributed by atoms with E-state index < -0.39 is 6.04 Å². The molecule has 0 spiro atoms. The number of hydrogen-bond donors (Lipinski definition) is 2. The van der Waals surface area contributed by atoms with Crippen molar-refractivity contribution in [3.05, 3.63) is 54.1 Å². The lowest BCUT2D eigenvalue weighted by Gasteiger charge is -2.29. The standard InChI is InChI=1S/C25H33N3O3/c1-4-31-22-11-7-6-10-21(22)24(29)27-23(18(2)3)25(30)26-19-12-14-20(15-13-19)28-16-8-5-9-17-28/h6-7,10-15,18,23H,4-5,8-9,16-17H2,1-3H3,(H,26,30)(H,27,29)/t23-/m1/s1. The highest BCUT2D eigenvalue weighted by molar-refractivity contribution is 6.02. The lowest BCUT2D eigenvalue weighted by atomic mass is 10.0. The first-order chi connectivity index (χ1) is 15.0. The molecule has 0 aliphatic carbocycles. The second-order valence-electron chi connectivity index (χ2n) is 8.21. The summed E-state index contributed by atoms with van der Waals surface area (Å²) in [7, 11) is 0. The first kappa shape index (κ1) is 22.7. The van der Waals surface area contributed by atoms with Crippen LogP contribution in [0.1, 0.15) is 50.4 Å². The van der Waals surface area contributed by atoms with Gasteiger partial charge in [-0.2, -0.15) is 0 Å². The summed E-state index contributed by atoms with van der Waals surface area (Å²) in [6.45, 7) is 8.32. The van der Waals surface area contributed by atoms with Gasteiger partial charge < -0.3 is 20.3 Å². The van der Waals surface area contributed by atoms with E-state index in [9.17, 15) is 9.59 Å². The van der Waals surface area contributed by atoms with E-state index in [0.717, 1.165) is 18.8 Å². The van der Waals surface area contributed by atoms with Gasteiger partial charge in [0.2, 0.25) is 5.91 Å². The number of nitrogens with one attached hydrogen (secondary N) is 2. The zero-order valence-corrected chi connectivity index (χ0v) is 18.7. The molecule has 0 aromatic heterocycles. The maximum Gasteiger partial charge on any atom is 0.255 e. The van der Waals surface area contributed by atoms with Crippen molar-refractivity contribution in [2.24, 2.45) is 5.92 Å². The van der Waals surface area contributed by atoms with E-state index in [1.54, 1.807) is 18.2 Å². The van der Waals surface area contributed by atoms with Gasteiger partial charge in [-0.15, -0.1) is 0 Å². The van der Waals surface area contributed by atoms with Gasteiger partial charge in [-0.3, -0.25) is 9.59 Å². The fraction of sp³-hybridized carbons (Fsp3) is 0.440. The van der Waals surface area contributed by atoms with Crippen molar-refractivity contribution >= 4 is 23.2 Å². The Morgan fingerprint density at radius 1 is 1.00 bits per heavy atom. The van der Waals surface area contributed by atoms with Gasteiger partial charge >= 0.3 is 0 Å². The number of benzene rings is 2. The fourth-order valence-corrected chi connectivity index (χ4v) is 3.82. The van der Waals surface area contributed by atoms with E-state index in [1.165, 1.54) is 24.9 Å². The lowest BCUT2D eigenvalue weighted by Crippen LogP contribution is -2.47. The molecule has 0 bridgehead atoms. The molecule has 1 atom stereocenters. The SMILES string of the molecule is CCOc1ccccc1C(=O)N[C@@H](C(=O)Nc1ccc(N2CCCCC2)cc1)C(C)C. The van der Waals surface area contributed by atoms with E-state index in [2.05, 4.69) is 15.5 Å². The van der Waals surface area contributed by atoms with E-state index in [4.69, 9.17) is 4.74 Å². The van der Waals surface area contributed by atoms with Crippen LogP contribution in [0.15, 0.2) is 48.5 Å². The molecule has 166 valence electrons. The molecule has 1 aliphatic rings. The molecule has 1 fully saturated rings. The van der Waals surface area contributed by atoms with Gasteiger partial charge in [-0.25, -0.2) is 0 Å². The number of nitrogens with zero attached hydrogens (tertiary/aromatic N) is 1. The number of amides is 2. The summed E-state index contributed by atoms with van der Waals surface area (Å²) in [5.41, 5.74) is 2.33. The predicted molar refractivity (Wildman–Crippen MR) is 125 cm³/mol. The second-order valence-corrected chi connectivity index (χ2v) is 8.21. The number of anilines is 2. The third-order valence-corrected chi connectivity index (χ3v) is 5.52. The summed E-state index contributed by atoms with van der Waals surface area (Å²) in [6, 6.07) is 14.3. The Balaban J connectivity index is 1.66.